The summed E-state index contributed by atoms with van der Waals surface area (Å²) in [6.07, 6.45) is 4.39. The van der Waals surface area contributed by atoms with Crippen LogP contribution in [0.25, 0.3) is 0 Å². The minimum Gasteiger partial charge on any atom is -0.348 e. The topological polar surface area (TPSA) is 99.6 Å². The van der Waals surface area contributed by atoms with Gasteiger partial charge in [0.15, 0.2) is 0 Å². The number of aryl methyl sites for hydroxylation is 1. The molecule has 2 aromatic rings. The van der Waals surface area contributed by atoms with Gasteiger partial charge in [0.1, 0.15) is 0 Å². The molecule has 0 aliphatic carbocycles. The van der Waals surface area contributed by atoms with Crippen molar-refractivity contribution in [1.82, 2.24) is 30.2 Å². The molecule has 0 spiro atoms. The van der Waals surface area contributed by atoms with Gasteiger partial charge in [-0.25, -0.2) is 4.79 Å². The lowest BCUT2D eigenvalue weighted by Gasteiger charge is -2.31. The molecule has 1 aromatic carbocycles. The molecular formula is C23H30N6O3. The number of hydrogen-bond acceptors (Lipinski definition) is 5. The number of nitrogens with one attached hydrogen (secondary N) is 2. The molecule has 3 heterocycles. The van der Waals surface area contributed by atoms with E-state index in [0.717, 1.165) is 43.6 Å². The van der Waals surface area contributed by atoms with Crippen molar-refractivity contribution in [2.45, 2.75) is 25.8 Å². The Kier molecular flexibility index (Phi) is 6.84. The molecule has 9 nitrogen and oxygen atoms in total. The molecule has 0 radical (unpaired) electrons. The summed E-state index contributed by atoms with van der Waals surface area (Å²) in [6, 6.07) is 9.54. The number of hydrogen-bond donors (Lipinski definition) is 2. The first kappa shape index (κ1) is 22.0. The molecule has 2 aliphatic heterocycles. The first-order valence-electron chi connectivity index (χ1n) is 11.1. The molecule has 2 aliphatic rings. The van der Waals surface area contributed by atoms with Gasteiger partial charge in [-0.1, -0.05) is 30.3 Å². The Morgan fingerprint density at radius 3 is 2.59 bits per heavy atom. The third kappa shape index (κ3) is 5.34. The quantitative estimate of drug-likeness (QED) is 0.676. The maximum atomic E-state index is 12.8. The van der Waals surface area contributed by atoms with E-state index in [1.807, 2.05) is 37.4 Å². The van der Waals surface area contributed by atoms with Crippen molar-refractivity contribution in [3.05, 3.63) is 53.3 Å². The molecule has 4 rings (SSSR count). The Hall–Kier alpha value is -3.20. The number of imide groups is 1. The van der Waals surface area contributed by atoms with E-state index in [9.17, 15) is 14.4 Å². The van der Waals surface area contributed by atoms with E-state index in [-0.39, 0.29) is 24.4 Å². The first-order valence-corrected chi connectivity index (χ1v) is 11.1. The summed E-state index contributed by atoms with van der Waals surface area (Å²) in [6.45, 7) is 3.33. The van der Waals surface area contributed by atoms with Crippen molar-refractivity contribution in [1.29, 1.82) is 0 Å². The summed E-state index contributed by atoms with van der Waals surface area (Å²) in [7, 11) is 1.83. The van der Waals surface area contributed by atoms with Crippen LogP contribution in [0.5, 0.6) is 0 Å². The van der Waals surface area contributed by atoms with Crippen molar-refractivity contribution < 1.29 is 14.4 Å². The number of aromatic nitrogens is 2. The molecule has 0 unspecified atom stereocenters. The van der Waals surface area contributed by atoms with Crippen molar-refractivity contribution >= 4 is 17.8 Å². The van der Waals surface area contributed by atoms with Crippen LogP contribution in [0.3, 0.4) is 0 Å². The highest BCUT2D eigenvalue weighted by molar-refractivity contribution is 5.96. The number of rotatable bonds is 7. The minimum atomic E-state index is -0.293. The van der Waals surface area contributed by atoms with Gasteiger partial charge < -0.3 is 10.6 Å². The second-order valence-electron chi connectivity index (χ2n) is 8.53. The summed E-state index contributed by atoms with van der Waals surface area (Å²) >= 11 is 0. The Balaban J connectivity index is 1.28. The molecular weight excluding hydrogens is 408 g/mol. The molecule has 1 aromatic heterocycles. The van der Waals surface area contributed by atoms with Crippen molar-refractivity contribution in [2.24, 2.45) is 13.0 Å². The van der Waals surface area contributed by atoms with Crippen LogP contribution in [-0.2, 0) is 24.8 Å². The van der Waals surface area contributed by atoms with Crippen LogP contribution in [0.1, 0.15) is 34.5 Å². The van der Waals surface area contributed by atoms with Gasteiger partial charge in [-0.05, 0) is 43.8 Å². The van der Waals surface area contributed by atoms with Gasteiger partial charge in [-0.2, -0.15) is 5.10 Å². The van der Waals surface area contributed by atoms with Gasteiger partial charge in [0, 0.05) is 32.9 Å². The average molecular weight is 439 g/mol. The molecule has 2 saturated heterocycles. The van der Waals surface area contributed by atoms with Crippen LogP contribution >= 0.6 is 0 Å². The predicted octanol–water partition coefficient (Wildman–Crippen LogP) is 1.16. The van der Waals surface area contributed by atoms with E-state index < -0.39 is 0 Å². The van der Waals surface area contributed by atoms with E-state index in [0.29, 0.717) is 31.1 Å². The van der Waals surface area contributed by atoms with Crippen LogP contribution in [0, 0.1) is 5.92 Å². The number of amides is 4. The van der Waals surface area contributed by atoms with Crippen LogP contribution in [-0.4, -0.2) is 70.1 Å². The predicted molar refractivity (Wildman–Crippen MR) is 119 cm³/mol. The summed E-state index contributed by atoms with van der Waals surface area (Å²) < 4.78 is 1.70. The maximum absolute atomic E-state index is 12.8. The molecule has 0 bridgehead atoms. The molecule has 0 saturated carbocycles. The highest BCUT2D eigenvalue weighted by Gasteiger charge is 2.29. The monoisotopic (exact) mass is 438 g/mol. The summed E-state index contributed by atoms with van der Waals surface area (Å²) in [5.74, 6) is 0.163. The first-order chi connectivity index (χ1) is 15.5. The highest BCUT2D eigenvalue weighted by Crippen LogP contribution is 2.23. The Bertz CT molecular complexity index is 965. The van der Waals surface area contributed by atoms with E-state index in [2.05, 4.69) is 20.6 Å². The zero-order valence-corrected chi connectivity index (χ0v) is 18.4. The third-order valence-corrected chi connectivity index (χ3v) is 6.15. The zero-order chi connectivity index (χ0) is 22.5. The average Bonchev–Trinajstić information content (AvgIpc) is 3.39. The molecule has 2 fully saturated rings. The Labute approximate surface area is 187 Å². The molecule has 4 amide bonds. The number of urea groups is 1. The van der Waals surface area contributed by atoms with Gasteiger partial charge in [-0.15, -0.1) is 0 Å². The molecule has 2 N–H and O–H groups in total. The smallest absolute Gasteiger partial charge is 0.324 e. The van der Waals surface area contributed by atoms with Gasteiger partial charge in [0.25, 0.3) is 5.91 Å². The lowest BCUT2D eigenvalue weighted by Crippen LogP contribution is -2.44. The highest BCUT2D eigenvalue weighted by atomic mass is 16.2. The van der Waals surface area contributed by atoms with Crippen molar-refractivity contribution in [3.8, 4) is 0 Å². The summed E-state index contributed by atoms with van der Waals surface area (Å²) in [4.78, 5) is 40.2. The zero-order valence-electron chi connectivity index (χ0n) is 18.4. The minimum absolute atomic E-state index is 0.108. The van der Waals surface area contributed by atoms with E-state index in [1.165, 1.54) is 4.90 Å². The number of benzene rings is 1. The van der Waals surface area contributed by atoms with Crippen LogP contribution in [0.15, 0.2) is 36.5 Å². The van der Waals surface area contributed by atoms with E-state index in [1.54, 1.807) is 10.9 Å². The second-order valence-corrected chi connectivity index (χ2v) is 8.53. The normalized spacial score (nSPS) is 17.4. The largest absolute Gasteiger partial charge is 0.348 e. The van der Waals surface area contributed by atoms with Crippen molar-refractivity contribution in [2.75, 3.05) is 32.7 Å². The van der Waals surface area contributed by atoms with Crippen LogP contribution in [0.2, 0.25) is 0 Å². The maximum Gasteiger partial charge on any atom is 0.324 e. The SMILES string of the molecule is Cn1cc(C(=O)NCc2ccccc2)c(CC2CCN(CC(=O)N3CCNC3=O)CC2)n1. The fourth-order valence-corrected chi connectivity index (χ4v) is 4.36. The number of nitrogens with zero attached hydrogens (tertiary/aromatic N) is 4. The standard InChI is InChI=1S/C23H30N6O3/c1-27-15-19(22(31)25-14-18-5-3-2-4-6-18)20(26-27)13-17-7-10-28(11-8-17)16-21(30)29-12-9-24-23(29)32/h2-6,15,17H,7-14,16H2,1H3,(H,24,32)(H,25,31). The van der Waals surface area contributed by atoms with Gasteiger partial charge >= 0.3 is 6.03 Å². The molecule has 32 heavy (non-hydrogen) atoms. The number of carbonyl (C=O) groups excluding carboxylic acids is 3. The molecule has 9 heteroatoms. The second kappa shape index (κ2) is 9.95. The fourth-order valence-electron chi connectivity index (χ4n) is 4.36. The number of piperidine rings is 1. The Morgan fingerprint density at radius 1 is 1.16 bits per heavy atom. The summed E-state index contributed by atoms with van der Waals surface area (Å²) in [5, 5.41) is 10.2. The number of carbonyl (C=O) groups is 3. The van der Waals surface area contributed by atoms with Gasteiger partial charge in [0.2, 0.25) is 5.91 Å². The third-order valence-electron chi connectivity index (χ3n) is 6.15. The van der Waals surface area contributed by atoms with Crippen molar-refractivity contribution in [3.63, 3.8) is 0 Å². The lowest BCUT2D eigenvalue weighted by atomic mass is 9.91. The van der Waals surface area contributed by atoms with Crippen LogP contribution in [0.4, 0.5) is 4.79 Å². The lowest BCUT2D eigenvalue weighted by molar-refractivity contribution is -0.129. The van der Waals surface area contributed by atoms with Crippen LogP contribution < -0.4 is 10.6 Å². The number of likely N-dealkylation sites (tertiary alicyclic amines) is 1. The van der Waals surface area contributed by atoms with E-state index in [4.69, 9.17) is 0 Å². The van der Waals surface area contributed by atoms with Gasteiger partial charge in [0.05, 0.1) is 17.8 Å². The van der Waals surface area contributed by atoms with E-state index >= 15 is 0 Å². The Morgan fingerprint density at radius 2 is 1.91 bits per heavy atom. The molecule has 0 atom stereocenters. The molecule has 170 valence electrons. The van der Waals surface area contributed by atoms with Gasteiger partial charge in [-0.3, -0.25) is 24.1 Å². The summed E-state index contributed by atoms with van der Waals surface area (Å²) in [5.41, 5.74) is 2.50. The fraction of sp³-hybridized carbons (Fsp3) is 0.478.